The van der Waals surface area contributed by atoms with E-state index in [2.05, 4.69) is 36.5 Å². The van der Waals surface area contributed by atoms with Gasteiger partial charge in [-0.3, -0.25) is 4.79 Å². The fraction of sp³-hybridized carbons (Fsp3) is 0.263. The highest BCUT2D eigenvalue weighted by Crippen LogP contribution is 2.16. The van der Waals surface area contributed by atoms with Crippen LogP contribution in [-0.2, 0) is 4.79 Å². The van der Waals surface area contributed by atoms with Gasteiger partial charge in [-0.2, -0.15) is 5.10 Å². The number of carbonyl (C=O) groups is 1. The van der Waals surface area contributed by atoms with Gasteiger partial charge >= 0.3 is 0 Å². The number of hydrogen-bond acceptors (Lipinski definition) is 3. The van der Waals surface area contributed by atoms with Crippen molar-refractivity contribution in [3.05, 3.63) is 65.2 Å². The van der Waals surface area contributed by atoms with Crippen molar-refractivity contribution < 1.29 is 9.53 Å². The molecule has 1 amide bonds. The minimum absolute atomic E-state index is 0.0610. The first-order valence-electron chi connectivity index (χ1n) is 7.66. The monoisotopic (exact) mass is 310 g/mol. The van der Waals surface area contributed by atoms with Crippen LogP contribution in [0.25, 0.3) is 0 Å². The molecule has 2 rings (SSSR count). The summed E-state index contributed by atoms with van der Waals surface area (Å²) in [6.45, 7) is 6.18. The maximum atomic E-state index is 11.7. The van der Waals surface area contributed by atoms with Crippen LogP contribution in [0.5, 0.6) is 5.75 Å². The Kier molecular flexibility index (Phi) is 5.92. The average molecular weight is 310 g/mol. The Hall–Kier alpha value is -2.62. The van der Waals surface area contributed by atoms with Crippen molar-refractivity contribution >= 4 is 12.1 Å². The van der Waals surface area contributed by atoms with Gasteiger partial charge < -0.3 is 4.74 Å². The number of nitrogens with zero attached hydrogens (tertiary/aromatic N) is 1. The summed E-state index contributed by atoms with van der Waals surface area (Å²) in [5.74, 6) is 0.915. The second-order valence-corrected chi connectivity index (χ2v) is 5.67. The van der Waals surface area contributed by atoms with Crippen LogP contribution in [0.4, 0.5) is 0 Å². The van der Waals surface area contributed by atoms with Gasteiger partial charge in [-0.1, -0.05) is 56.3 Å². The number of hydrogen-bond donors (Lipinski definition) is 1. The zero-order chi connectivity index (χ0) is 16.7. The first kappa shape index (κ1) is 16.7. The number of carbonyl (C=O) groups excluding carboxylic acids is 1. The molecule has 2 aromatic carbocycles. The van der Waals surface area contributed by atoms with E-state index in [1.54, 1.807) is 6.21 Å². The van der Waals surface area contributed by atoms with Crippen molar-refractivity contribution in [3.63, 3.8) is 0 Å². The summed E-state index contributed by atoms with van der Waals surface area (Å²) in [7, 11) is 0. The molecule has 2 aromatic rings. The van der Waals surface area contributed by atoms with Crippen LogP contribution in [0, 0.1) is 6.92 Å². The van der Waals surface area contributed by atoms with Crippen LogP contribution in [0.2, 0.25) is 0 Å². The molecule has 0 unspecified atom stereocenters. The van der Waals surface area contributed by atoms with Gasteiger partial charge in [-0.25, -0.2) is 5.43 Å². The zero-order valence-electron chi connectivity index (χ0n) is 13.7. The summed E-state index contributed by atoms with van der Waals surface area (Å²) >= 11 is 0. The fourth-order valence-electron chi connectivity index (χ4n) is 2.04. The van der Waals surface area contributed by atoms with Crippen molar-refractivity contribution in [2.24, 2.45) is 5.10 Å². The lowest BCUT2D eigenvalue weighted by Gasteiger charge is -2.07. The highest BCUT2D eigenvalue weighted by Gasteiger charge is 2.03. The molecule has 0 atom stereocenters. The number of nitrogens with one attached hydrogen (secondary N) is 1. The second-order valence-electron chi connectivity index (χ2n) is 5.67. The Labute approximate surface area is 137 Å². The van der Waals surface area contributed by atoms with E-state index < -0.39 is 0 Å². The Morgan fingerprint density at radius 3 is 2.52 bits per heavy atom. The molecule has 1 N–H and O–H groups in total. The molecular weight excluding hydrogens is 288 g/mol. The van der Waals surface area contributed by atoms with E-state index in [-0.39, 0.29) is 12.5 Å². The maximum Gasteiger partial charge on any atom is 0.277 e. The standard InChI is InChI=1S/C19H22N2O2/c1-14(2)17-10-8-16(9-11-17)12-20-21-19(22)13-23-18-7-5-4-6-15(18)3/h4-12,14H,13H2,1-3H3,(H,21,22)/b20-12-. The molecule has 0 saturated heterocycles. The summed E-state index contributed by atoms with van der Waals surface area (Å²) in [5, 5.41) is 3.95. The number of benzene rings is 2. The Balaban J connectivity index is 1.80. The van der Waals surface area contributed by atoms with Crippen molar-refractivity contribution in [1.29, 1.82) is 0 Å². The summed E-state index contributed by atoms with van der Waals surface area (Å²) in [6.07, 6.45) is 1.62. The van der Waals surface area contributed by atoms with Crippen molar-refractivity contribution in [2.75, 3.05) is 6.61 Å². The normalized spacial score (nSPS) is 11.0. The average Bonchev–Trinajstić information content (AvgIpc) is 2.54. The van der Waals surface area contributed by atoms with E-state index in [1.165, 1.54) is 5.56 Å². The van der Waals surface area contributed by atoms with Gasteiger partial charge in [0.1, 0.15) is 5.75 Å². The molecule has 0 aliphatic rings. The predicted molar refractivity (Wildman–Crippen MR) is 92.9 cm³/mol. The minimum Gasteiger partial charge on any atom is -0.483 e. The molecule has 0 aliphatic heterocycles. The first-order valence-corrected chi connectivity index (χ1v) is 7.66. The van der Waals surface area contributed by atoms with Gasteiger partial charge in [0.05, 0.1) is 6.21 Å². The van der Waals surface area contributed by atoms with Crippen LogP contribution in [-0.4, -0.2) is 18.7 Å². The fourth-order valence-corrected chi connectivity index (χ4v) is 2.04. The van der Waals surface area contributed by atoms with Gasteiger partial charge in [0, 0.05) is 0 Å². The van der Waals surface area contributed by atoms with Crippen LogP contribution in [0.15, 0.2) is 53.6 Å². The minimum atomic E-state index is -0.289. The molecule has 120 valence electrons. The maximum absolute atomic E-state index is 11.7. The number of hydrazone groups is 1. The topological polar surface area (TPSA) is 50.7 Å². The van der Waals surface area contributed by atoms with Gasteiger partial charge in [-0.15, -0.1) is 0 Å². The molecule has 0 bridgehead atoms. The first-order chi connectivity index (χ1) is 11.1. The van der Waals surface area contributed by atoms with E-state index in [0.29, 0.717) is 11.7 Å². The smallest absolute Gasteiger partial charge is 0.277 e. The lowest BCUT2D eigenvalue weighted by Crippen LogP contribution is -2.24. The van der Waals surface area contributed by atoms with Gasteiger partial charge in [0.2, 0.25) is 0 Å². The van der Waals surface area contributed by atoms with Gasteiger partial charge in [0.25, 0.3) is 5.91 Å². The molecule has 0 saturated carbocycles. The molecule has 0 radical (unpaired) electrons. The third kappa shape index (κ3) is 5.25. The Morgan fingerprint density at radius 1 is 1.17 bits per heavy atom. The molecule has 4 nitrogen and oxygen atoms in total. The van der Waals surface area contributed by atoms with E-state index in [9.17, 15) is 4.79 Å². The summed E-state index contributed by atoms with van der Waals surface area (Å²) < 4.78 is 5.46. The highest BCUT2D eigenvalue weighted by atomic mass is 16.5. The van der Waals surface area contributed by atoms with Crippen molar-refractivity contribution in [3.8, 4) is 5.75 Å². The molecular formula is C19H22N2O2. The Bertz CT molecular complexity index is 676. The Morgan fingerprint density at radius 2 is 1.87 bits per heavy atom. The number of rotatable bonds is 6. The zero-order valence-corrected chi connectivity index (χ0v) is 13.7. The molecule has 0 aromatic heterocycles. The number of ether oxygens (including phenoxy) is 1. The molecule has 0 spiro atoms. The molecule has 0 aliphatic carbocycles. The number of aryl methyl sites for hydroxylation is 1. The molecule has 0 fully saturated rings. The quantitative estimate of drug-likeness (QED) is 0.654. The van der Waals surface area contributed by atoms with Crippen LogP contribution >= 0.6 is 0 Å². The van der Waals surface area contributed by atoms with Gasteiger partial charge in [-0.05, 0) is 35.6 Å². The lowest BCUT2D eigenvalue weighted by molar-refractivity contribution is -0.123. The highest BCUT2D eigenvalue weighted by molar-refractivity contribution is 5.82. The van der Waals surface area contributed by atoms with Crippen LogP contribution in [0.1, 0.15) is 36.5 Å². The number of para-hydroxylation sites is 1. The van der Waals surface area contributed by atoms with E-state index >= 15 is 0 Å². The van der Waals surface area contributed by atoms with E-state index in [1.807, 2.05) is 43.3 Å². The second kappa shape index (κ2) is 8.13. The molecule has 4 heteroatoms. The van der Waals surface area contributed by atoms with Crippen molar-refractivity contribution in [1.82, 2.24) is 5.43 Å². The van der Waals surface area contributed by atoms with Crippen LogP contribution < -0.4 is 10.2 Å². The third-order valence-electron chi connectivity index (χ3n) is 3.46. The summed E-state index contributed by atoms with van der Waals surface area (Å²) in [6, 6.07) is 15.7. The summed E-state index contributed by atoms with van der Waals surface area (Å²) in [4.78, 5) is 11.7. The summed E-state index contributed by atoms with van der Waals surface area (Å²) in [5.41, 5.74) is 5.67. The largest absolute Gasteiger partial charge is 0.483 e. The van der Waals surface area contributed by atoms with E-state index in [0.717, 1.165) is 11.1 Å². The molecule has 0 heterocycles. The number of amides is 1. The van der Waals surface area contributed by atoms with E-state index in [4.69, 9.17) is 4.74 Å². The van der Waals surface area contributed by atoms with Crippen molar-refractivity contribution in [2.45, 2.75) is 26.7 Å². The molecule has 23 heavy (non-hydrogen) atoms. The lowest BCUT2D eigenvalue weighted by atomic mass is 10.0. The SMILES string of the molecule is Cc1ccccc1OCC(=O)N/N=C\c1ccc(C(C)C)cc1. The van der Waals surface area contributed by atoms with Crippen LogP contribution in [0.3, 0.4) is 0 Å². The third-order valence-corrected chi connectivity index (χ3v) is 3.46. The van der Waals surface area contributed by atoms with Gasteiger partial charge in [0.15, 0.2) is 6.61 Å². The predicted octanol–water partition coefficient (Wildman–Crippen LogP) is 3.65.